The van der Waals surface area contributed by atoms with Crippen LogP contribution in [0.4, 0.5) is 11.5 Å². The summed E-state index contributed by atoms with van der Waals surface area (Å²) in [5.74, 6) is 0.969. The van der Waals surface area contributed by atoms with Gasteiger partial charge in [-0.1, -0.05) is 0 Å². The second-order valence-electron chi connectivity index (χ2n) is 4.80. The van der Waals surface area contributed by atoms with Crippen molar-refractivity contribution in [3.05, 3.63) is 22.4 Å². The van der Waals surface area contributed by atoms with E-state index in [4.69, 9.17) is 10.5 Å². The number of anilines is 2. The molecule has 0 radical (unpaired) electrons. The predicted octanol–water partition coefficient (Wildman–Crippen LogP) is 2.78. The molecule has 7 heteroatoms. The van der Waals surface area contributed by atoms with Crippen LogP contribution in [0.2, 0.25) is 0 Å². The van der Waals surface area contributed by atoms with Crippen LogP contribution >= 0.6 is 11.3 Å². The first-order valence-corrected chi connectivity index (χ1v) is 7.31. The number of nitrogens with one attached hydrogen (secondary N) is 1. The van der Waals surface area contributed by atoms with Gasteiger partial charge >= 0.3 is 0 Å². The molecule has 2 rings (SSSR count). The summed E-state index contributed by atoms with van der Waals surface area (Å²) < 4.78 is 5.55. The van der Waals surface area contributed by atoms with E-state index in [1.54, 1.807) is 11.3 Å². The Hall–Kier alpha value is -1.89. The van der Waals surface area contributed by atoms with Gasteiger partial charge in [-0.25, -0.2) is 9.97 Å². The van der Waals surface area contributed by atoms with Crippen molar-refractivity contribution >= 4 is 22.8 Å². The third kappa shape index (κ3) is 3.36. The number of nitrogen functional groups attached to an aromatic ring is 1. The van der Waals surface area contributed by atoms with Crippen LogP contribution in [0.15, 0.2) is 11.7 Å². The van der Waals surface area contributed by atoms with Crippen LogP contribution in [0.1, 0.15) is 37.5 Å². The minimum absolute atomic E-state index is 0.0130. The zero-order chi connectivity index (χ0) is 14.7. The van der Waals surface area contributed by atoms with Gasteiger partial charge in [-0.05, 0) is 27.7 Å². The summed E-state index contributed by atoms with van der Waals surface area (Å²) in [5, 5.41) is 6.26. The van der Waals surface area contributed by atoms with Gasteiger partial charge in [-0.2, -0.15) is 4.98 Å². The number of aryl methyl sites for hydroxylation is 1. The van der Waals surface area contributed by atoms with Crippen LogP contribution in [0.3, 0.4) is 0 Å². The summed E-state index contributed by atoms with van der Waals surface area (Å²) in [7, 11) is 0. The molecule has 20 heavy (non-hydrogen) atoms. The third-order valence-electron chi connectivity index (χ3n) is 2.56. The third-order valence-corrected chi connectivity index (χ3v) is 3.70. The van der Waals surface area contributed by atoms with Crippen LogP contribution < -0.4 is 15.8 Å². The highest BCUT2D eigenvalue weighted by atomic mass is 32.1. The molecule has 0 aromatic carbocycles. The van der Waals surface area contributed by atoms with Crippen molar-refractivity contribution in [3.63, 3.8) is 0 Å². The molecule has 2 heterocycles. The first-order chi connectivity index (χ1) is 9.47. The lowest BCUT2D eigenvalue weighted by Crippen LogP contribution is -2.13. The molecule has 108 valence electrons. The molecule has 3 N–H and O–H groups in total. The Kier molecular flexibility index (Phi) is 4.39. The predicted molar refractivity (Wildman–Crippen MR) is 81.1 cm³/mol. The average molecular weight is 293 g/mol. The highest BCUT2D eigenvalue weighted by molar-refractivity contribution is 7.09. The fourth-order valence-corrected chi connectivity index (χ4v) is 2.45. The molecule has 0 spiro atoms. The zero-order valence-corrected chi connectivity index (χ0v) is 12.9. The first-order valence-electron chi connectivity index (χ1n) is 6.43. The van der Waals surface area contributed by atoms with Crippen molar-refractivity contribution in [1.29, 1.82) is 0 Å². The highest BCUT2D eigenvalue weighted by Gasteiger charge is 2.15. The molecule has 0 fully saturated rings. The van der Waals surface area contributed by atoms with Gasteiger partial charge in [0.05, 0.1) is 12.1 Å². The topological polar surface area (TPSA) is 86.0 Å². The maximum atomic E-state index is 6.03. The van der Waals surface area contributed by atoms with Crippen molar-refractivity contribution < 1.29 is 4.74 Å². The van der Waals surface area contributed by atoms with Gasteiger partial charge in [0.1, 0.15) is 17.0 Å². The Balaban J connectivity index is 2.17. The SMILES string of the molecule is Cc1csc(C(C)Nc2ncnc(OC(C)C)c2N)n1. The number of aromatic nitrogens is 3. The van der Waals surface area contributed by atoms with Gasteiger partial charge in [0.2, 0.25) is 5.88 Å². The van der Waals surface area contributed by atoms with Crippen LogP contribution in [0.5, 0.6) is 5.88 Å². The molecule has 1 unspecified atom stereocenters. The van der Waals surface area contributed by atoms with Gasteiger partial charge in [0.15, 0.2) is 5.82 Å². The standard InChI is InChI=1S/C13H19N5OS/c1-7(2)19-12-10(14)11(15-6-16-12)18-9(4)13-17-8(3)5-20-13/h5-7,9H,14H2,1-4H3,(H,15,16,18). The molecule has 1 atom stereocenters. The summed E-state index contributed by atoms with van der Waals surface area (Å²) in [6.45, 7) is 7.84. The van der Waals surface area contributed by atoms with Gasteiger partial charge in [0.25, 0.3) is 0 Å². The van der Waals surface area contributed by atoms with E-state index in [0.717, 1.165) is 10.7 Å². The Labute approximate surface area is 122 Å². The van der Waals surface area contributed by atoms with Crippen LogP contribution in [-0.2, 0) is 0 Å². The largest absolute Gasteiger partial charge is 0.473 e. The Morgan fingerprint density at radius 1 is 1.30 bits per heavy atom. The number of nitrogens with two attached hydrogens (primary N) is 1. The maximum Gasteiger partial charge on any atom is 0.242 e. The number of ether oxygens (including phenoxy) is 1. The highest BCUT2D eigenvalue weighted by Crippen LogP contribution is 2.29. The quantitative estimate of drug-likeness (QED) is 0.881. The first kappa shape index (κ1) is 14.5. The summed E-state index contributed by atoms with van der Waals surface area (Å²) in [5.41, 5.74) is 7.46. The molecular weight excluding hydrogens is 274 g/mol. The Bertz CT molecular complexity index is 584. The summed E-state index contributed by atoms with van der Waals surface area (Å²) in [4.78, 5) is 12.7. The smallest absolute Gasteiger partial charge is 0.242 e. The normalized spacial score (nSPS) is 12.4. The molecule has 0 saturated heterocycles. The minimum Gasteiger partial charge on any atom is -0.473 e. The van der Waals surface area contributed by atoms with Crippen molar-refractivity contribution in [2.45, 2.75) is 39.8 Å². The van der Waals surface area contributed by atoms with Crippen LogP contribution in [-0.4, -0.2) is 21.1 Å². The molecule has 0 aliphatic heterocycles. The Morgan fingerprint density at radius 3 is 2.65 bits per heavy atom. The van der Waals surface area contributed by atoms with Crippen LogP contribution in [0, 0.1) is 6.92 Å². The van der Waals surface area contributed by atoms with Gasteiger partial charge in [-0.3, -0.25) is 0 Å². The van der Waals surface area contributed by atoms with Gasteiger partial charge in [-0.15, -0.1) is 11.3 Å². The van der Waals surface area contributed by atoms with Crippen molar-refractivity contribution in [1.82, 2.24) is 15.0 Å². The number of nitrogens with zero attached hydrogens (tertiary/aromatic N) is 3. The zero-order valence-electron chi connectivity index (χ0n) is 12.0. The number of thiazole rings is 1. The van der Waals surface area contributed by atoms with Crippen LogP contribution in [0.25, 0.3) is 0 Å². The maximum absolute atomic E-state index is 6.03. The second-order valence-corrected chi connectivity index (χ2v) is 5.69. The number of rotatable bonds is 5. The molecule has 0 aliphatic rings. The summed E-state index contributed by atoms with van der Waals surface area (Å²) >= 11 is 1.61. The summed E-state index contributed by atoms with van der Waals surface area (Å²) in [6.07, 6.45) is 1.45. The molecular formula is C13H19N5OS. The van der Waals surface area contributed by atoms with E-state index in [2.05, 4.69) is 20.3 Å². The second kappa shape index (κ2) is 6.04. The van der Waals surface area contributed by atoms with E-state index >= 15 is 0 Å². The number of hydrogen-bond donors (Lipinski definition) is 2. The van der Waals surface area contributed by atoms with E-state index < -0.39 is 0 Å². The molecule has 0 saturated carbocycles. The fraction of sp³-hybridized carbons (Fsp3) is 0.462. The molecule has 2 aromatic heterocycles. The lowest BCUT2D eigenvalue weighted by Gasteiger charge is -2.16. The number of hydrogen-bond acceptors (Lipinski definition) is 7. The van der Waals surface area contributed by atoms with Crippen molar-refractivity contribution in [3.8, 4) is 5.88 Å². The van der Waals surface area contributed by atoms with Crippen molar-refractivity contribution in [2.75, 3.05) is 11.1 Å². The van der Waals surface area contributed by atoms with Gasteiger partial charge < -0.3 is 15.8 Å². The monoisotopic (exact) mass is 293 g/mol. The average Bonchev–Trinajstić information content (AvgIpc) is 2.80. The van der Waals surface area contributed by atoms with E-state index in [9.17, 15) is 0 Å². The van der Waals surface area contributed by atoms with E-state index in [-0.39, 0.29) is 12.1 Å². The Morgan fingerprint density at radius 2 is 2.05 bits per heavy atom. The molecule has 0 amide bonds. The van der Waals surface area contributed by atoms with E-state index in [0.29, 0.717) is 17.4 Å². The lowest BCUT2D eigenvalue weighted by molar-refractivity contribution is 0.234. The molecule has 0 aliphatic carbocycles. The molecule has 2 aromatic rings. The van der Waals surface area contributed by atoms with E-state index in [1.165, 1.54) is 6.33 Å². The molecule has 0 bridgehead atoms. The van der Waals surface area contributed by atoms with Gasteiger partial charge in [0, 0.05) is 11.1 Å². The minimum atomic E-state index is 0.0130. The van der Waals surface area contributed by atoms with Crippen molar-refractivity contribution in [2.24, 2.45) is 0 Å². The molecule has 6 nitrogen and oxygen atoms in total. The fourth-order valence-electron chi connectivity index (χ4n) is 1.65. The van der Waals surface area contributed by atoms with E-state index in [1.807, 2.05) is 33.1 Å². The lowest BCUT2D eigenvalue weighted by atomic mass is 10.3. The summed E-state index contributed by atoms with van der Waals surface area (Å²) in [6, 6.07) is 0.0257.